The van der Waals surface area contributed by atoms with E-state index in [1.165, 1.54) is 70.6 Å². The van der Waals surface area contributed by atoms with E-state index in [0.717, 1.165) is 12.8 Å². The van der Waals surface area contributed by atoms with Gasteiger partial charge >= 0.3 is 5.97 Å². The molecule has 0 aliphatic rings. The van der Waals surface area contributed by atoms with Crippen LogP contribution in [0.2, 0.25) is 0 Å². The third kappa shape index (κ3) is 19.3. The highest BCUT2D eigenvalue weighted by Gasteiger charge is 2.06. The minimum atomic E-state index is -0.127. The highest BCUT2D eigenvalue weighted by Crippen LogP contribution is 2.10. The molecule has 0 aromatic carbocycles. The second-order valence-electron chi connectivity index (χ2n) is 7.31. The Kier molecular flexibility index (Phi) is 18.8. The van der Waals surface area contributed by atoms with Crippen molar-refractivity contribution in [1.82, 2.24) is 0 Å². The molecular formula is C22H42O3. The average Bonchev–Trinajstić information content (AvgIpc) is 2.62. The van der Waals surface area contributed by atoms with E-state index in [2.05, 4.69) is 19.1 Å². The van der Waals surface area contributed by atoms with Crippen molar-refractivity contribution < 1.29 is 14.6 Å². The second kappa shape index (κ2) is 19.5. The van der Waals surface area contributed by atoms with Crippen LogP contribution in [0.25, 0.3) is 0 Å². The molecule has 0 saturated carbocycles. The van der Waals surface area contributed by atoms with Gasteiger partial charge in [-0.3, -0.25) is 4.79 Å². The van der Waals surface area contributed by atoms with Crippen molar-refractivity contribution in [2.75, 3.05) is 13.2 Å². The highest BCUT2D eigenvalue weighted by atomic mass is 16.5. The summed E-state index contributed by atoms with van der Waals surface area (Å²) in [7, 11) is 0. The second-order valence-corrected chi connectivity index (χ2v) is 7.31. The Hall–Kier alpha value is -0.830. The SMILES string of the molecule is CCCCCCCC/C=C\CCCCCCCC(=O)OCC(C)CO. The zero-order chi connectivity index (χ0) is 18.6. The van der Waals surface area contributed by atoms with Gasteiger partial charge in [0.15, 0.2) is 0 Å². The van der Waals surface area contributed by atoms with Gasteiger partial charge in [0.25, 0.3) is 0 Å². The number of unbranched alkanes of at least 4 members (excludes halogenated alkanes) is 11. The Labute approximate surface area is 156 Å². The van der Waals surface area contributed by atoms with Gasteiger partial charge < -0.3 is 9.84 Å². The number of carbonyl (C=O) groups excluding carboxylic acids is 1. The summed E-state index contributed by atoms with van der Waals surface area (Å²) < 4.78 is 5.11. The first-order chi connectivity index (χ1) is 12.2. The number of aliphatic hydroxyl groups excluding tert-OH is 1. The van der Waals surface area contributed by atoms with Crippen molar-refractivity contribution in [3.8, 4) is 0 Å². The first-order valence-corrected chi connectivity index (χ1v) is 10.6. The topological polar surface area (TPSA) is 46.5 Å². The fourth-order valence-corrected chi connectivity index (χ4v) is 2.70. The molecule has 25 heavy (non-hydrogen) atoms. The molecular weight excluding hydrogens is 312 g/mol. The maximum atomic E-state index is 11.5. The molecule has 0 spiro atoms. The summed E-state index contributed by atoms with van der Waals surface area (Å²) in [6, 6.07) is 0. The van der Waals surface area contributed by atoms with Crippen molar-refractivity contribution in [3.05, 3.63) is 12.2 Å². The van der Waals surface area contributed by atoms with Crippen LogP contribution in [0, 0.1) is 5.92 Å². The summed E-state index contributed by atoms with van der Waals surface area (Å²) in [5.41, 5.74) is 0. The number of rotatable bonds is 18. The number of esters is 1. The van der Waals surface area contributed by atoms with Gasteiger partial charge in [-0.2, -0.15) is 0 Å². The van der Waals surface area contributed by atoms with E-state index in [-0.39, 0.29) is 18.5 Å². The number of aliphatic hydroxyl groups is 1. The summed E-state index contributed by atoms with van der Waals surface area (Å²) in [5.74, 6) is -0.0870. The van der Waals surface area contributed by atoms with E-state index in [1.54, 1.807) is 0 Å². The first-order valence-electron chi connectivity index (χ1n) is 10.6. The third-order valence-corrected chi connectivity index (χ3v) is 4.48. The van der Waals surface area contributed by atoms with Gasteiger partial charge in [0, 0.05) is 18.9 Å². The maximum absolute atomic E-state index is 11.5. The van der Waals surface area contributed by atoms with Crippen molar-refractivity contribution in [2.24, 2.45) is 5.92 Å². The third-order valence-electron chi connectivity index (χ3n) is 4.48. The largest absolute Gasteiger partial charge is 0.465 e. The molecule has 0 aliphatic heterocycles. The quantitative estimate of drug-likeness (QED) is 0.181. The molecule has 0 aliphatic carbocycles. The zero-order valence-corrected chi connectivity index (χ0v) is 16.8. The van der Waals surface area contributed by atoms with Crippen LogP contribution in [0.1, 0.15) is 104 Å². The molecule has 1 atom stereocenters. The fourth-order valence-electron chi connectivity index (χ4n) is 2.70. The molecule has 0 aromatic rings. The first kappa shape index (κ1) is 24.2. The molecule has 3 nitrogen and oxygen atoms in total. The lowest BCUT2D eigenvalue weighted by Gasteiger charge is -2.08. The lowest BCUT2D eigenvalue weighted by Crippen LogP contribution is -2.14. The van der Waals surface area contributed by atoms with E-state index in [1.807, 2.05) is 6.92 Å². The normalized spacial score (nSPS) is 12.6. The van der Waals surface area contributed by atoms with Gasteiger partial charge in [0.2, 0.25) is 0 Å². The molecule has 1 unspecified atom stereocenters. The van der Waals surface area contributed by atoms with Crippen molar-refractivity contribution in [1.29, 1.82) is 0 Å². The van der Waals surface area contributed by atoms with Crippen LogP contribution in [0.4, 0.5) is 0 Å². The van der Waals surface area contributed by atoms with Crippen LogP contribution >= 0.6 is 0 Å². The summed E-state index contributed by atoms with van der Waals surface area (Å²) in [4.78, 5) is 11.5. The fraction of sp³-hybridized carbons (Fsp3) is 0.864. The molecule has 0 fully saturated rings. The summed E-state index contributed by atoms with van der Waals surface area (Å²) in [6.45, 7) is 4.54. The summed E-state index contributed by atoms with van der Waals surface area (Å²) >= 11 is 0. The minimum absolute atomic E-state index is 0.0399. The van der Waals surface area contributed by atoms with Crippen LogP contribution in [0.5, 0.6) is 0 Å². The van der Waals surface area contributed by atoms with Gasteiger partial charge in [-0.05, 0) is 32.1 Å². The van der Waals surface area contributed by atoms with Crippen molar-refractivity contribution in [3.63, 3.8) is 0 Å². The van der Waals surface area contributed by atoms with E-state index in [0.29, 0.717) is 13.0 Å². The Bertz CT molecular complexity index is 312. The smallest absolute Gasteiger partial charge is 0.305 e. The Morgan fingerprint density at radius 2 is 1.40 bits per heavy atom. The highest BCUT2D eigenvalue weighted by molar-refractivity contribution is 5.69. The molecule has 0 rings (SSSR count). The molecule has 0 heterocycles. The standard InChI is InChI=1S/C22H42O3/c1-3-4-5-6-7-8-9-10-11-12-13-14-15-16-17-18-22(24)25-20-21(2)19-23/h10-11,21,23H,3-9,12-20H2,1-2H3/b11-10-. The Balaban J connectivity index is 3.22. The Morgan fingerprint density at radius 1 is 0.880 bits per heavy atom. The number of ether oxygens (including phenoxy) is 1. The molecule has 0 amide bonds. The van der Waals surface area contributed by atoms with Crippen LogP contribution in [0.3, 0.4) is 0 Å². The van der Waals surface area contributed by atoms with Crippen molar-refractivity contribution in [2.45, 2.75) is 104 Å². The van der Waals surface area contributed by atoms with Gasteiger partial charge in [-0.1, -0.05) is 77.4 Å². The number of carbonyl (C=O) groups is 1. The van der Waals surface area contributed by atoms with E-state index >= 15 is 0 Å². The molecule has 148 valence electrons. The van der Waals surface area contributed by atoms with Crippen LogP contribution in [-0.2, 0) is 9.53 Å². The van der Waals surface area contributed by atoms with E-state index < -0.39 is 0 Å². The van der Waals surface area contributed by atoms with Crippen LogP contribution in [-0.4, -0.2) is 24.3 Å². The molecule has 1 N–H and O–H groups in total. The van der Waals surface area contributed by atoms with Gasteiger partial charge in [-0.15, -0.1) is 0 Å². The monoisotopic (exact) mass is 354 g/mol. The molecule has 0 radical (unpaired) electrons. The molecule has 0 saturated heterocycles. The number of allylic oxidation sites excluding steroid dienone is 2. The van der Waals surface area contributed by atoms with Gasteiger partial charge in [0.05, 0.1) is 6.61 Å². The maximum Gasteiger partial charge on any atom is 0.305 e. The predicted molar refractivity (Wildman–Crippen MR) is 107 cm³/mol. The minimum Gasteiger partial charge on any atom is -0.465 e. The number of hydrogen-bond acceptors (Lipinski definition) is 3. The van der Waals surface area contributed by atoms with E-state index in [9.17, 15) is 4.79 Å². The zero-order valence-electron chi connectivity index (χ0n) is 16.8. The number of hydrogen-bond donors (Lipinski definition) is 1. The van der Waals surface area contributed by atoms with Crippen LogP contribution in [0.15, 0.2) is 12.2 Å². The predicted octanol–water partition coefficient (Wildman–Crippen LogP) is 6.20. The molecule has 0 aromatic heterocycles. The lowest BCUT2D eigenvalue weighted by atomic mass is 10.1. The molecule has 3 heteroatoms. The lowest BCUT2D eigenvalue weighted by molar-refractivity contribution is -0.145. The molecule has 0 bridgehead atoms. The van der Waals surface area contributed by atoms with Crippen molar-refractivity contribution >= 4 is 5.97 Å². The van der Waals surface area contributed by atoms with Crippen LogP contribution < -0.4 is 0 Å². The average molecular weight is 355 g/mol. The van der Waals surface area contributed by atoms with Gasteiger partial charge in [0.1, 0.15) is 0 Å². The van der Waals surface area contributed by atoms with E-state index in [4.69, 9.17) is 9.84 Å². The Morgan fingerprint density at radius 3 is 1.96 bits per heavy atom. The van der Waals surface area contributed by atoms with Gasteiger partial charge in [-0.25, -0.2) is 0 Å². The summed E-state index contributed by atoms with van der Waals surface area (Å²) in [5, 5.41) is 8.87. The summed E-state index contributed by atoms with van der Waals surface area (Å²) in [6.07, 6.45) is 21.6.